The first kappa shape index (κ1) is 13.9. The minimum atomic E-state index is -0.112. The van der Waals surface area contributed by atoms with E-state index < -0.39 is 0 Å². The Morgan fingerprint density at radius 1 is 1.42 bits per heavy atom. The molecule has 2 unspecified atom stereocenters. The fourth-order valence-corrected chi connectivity index (χ4v) is 2.60. The Morgan fingerprint density at radius 3 is 2.74 bits per heavy atom. The number of aryl methyl sites for hydroxylation is 1. The van der Waals surface area contributed by atoms with Gasteiger partial charge in [0.2, 0.25) is 5.91 Å². The molecule has 4 heteroatoms. The van der Waals surface area contributed by atoms with Crippen molar-refractivity contribution in [2.45, 2.75) is 39.4 Å². The Kier molecular flexibility index (Phi) is 4.10. The first-order valence-corrected chi connectivity index (χ1v) is 6.79. The molecule has 0 spiro atoms. The molecule has 2 rings (SSSR count). The van der Waals surface area contributed by atoms with Gasteiger partial charge in [-0.05, 0) is 43.5 Å². The zero-order chi connectivity index (χ0) is 14.0. The summed E-state index contributed by atoms with van der Waals surface area (Å²) in [5.41, 5.74) is 2.20. The molecule has 4 nitrogen and oxygen atoms in total. The Morgan fingerprint density at radius 2 is 2.16 bits per heavy atom. The van der Waals surface area contributed by atoms with Crippen LogP contribution in [0.4, 0.5) is 0 Å². The van der Waals surface area contributed by atoms with E-state index in [0.717, 1.165) is 29.8 Å². The van der Waals surface area contributed by atoms with Crippen molar-refractivity contribution in [3.8, 4) is 5.75 Å². The molecule has 0 bridgehead atoms. The Labute approximate surface area is 114 Å². The summed E-state index contributed by atoms with van der Waals surface area (Å²) in [5, 5.41) is 3.36. The molecule has 1 N–H and O–H groups in total. The zero-order valence-corrected chi connectivity index (χ0v) is 12.1. The molecule has 0 saturated carbocycles. The van der Waals surface area contributed by atoms with Gasteiger partial charge in [-0.15, -0.1) is 0 Å². The lowest BCUT2D eigenvalue weighted by atomic mass is 10.1. The van der Waals surface area contributed by atoms with Crippen molar-refractivity contribution >= 4 is 5.91 Å². The number of hydrogen-bond acceptors (Lipinski definition) is 3. The summed E-state index contributed by atoms with van der Waals surface area (Å²) < 4.78 is 5.28. The zero-order valence-electron chi connectivity index (χ0n) is 12.1. The number of amides is 1. The predicted octanol–water partition coefficient (Wildman–Crippen LogP) is 2.23. The number of carbonyl (C=O) groups is 1. The van der Waals surface area contributed by atoms with Gasteiger partial charge in [0.15, 0.2) is 0 Å². The summed E-state index contributed by atoms with van der Waals surface area (Å²) in [7, 11) is 1.67. The van der Waals surface area contributed by atoms with E-state index in [-0.39, 0.29) is 18.1 Å². The van der Waals surface area contributed by atoms with Crippen molar-refractivity contribution in [2.24, 2.45) is 0 Å². The number of carbonyl (C=O) groups excluding carboxylic acids is 1. The van der Waals surface area contributed by atoms with Crippen LogP contribution in [0, 0.1) is 6.92 Å². The van der Waals surface area contributed by atoms with E-state index in [9.17, 15) is 4.79 Å². The minimum absolute atomic E-state index is 0.0212. The van der Waals surface area contributed by atoms with Gasteiger partial charge in [-0.3, -0.25) is 10.1 Å². The van der Waals surface area contributed by atoms with Crippen LogP contribution in [0.1, 0.15) is 37.6 Å². The second-order valence-corrected chi connectivity index (χ2v) is 5.05. The molecule has 104 valence electrons. The molecule has 19 heavy (non-hydrogen) atoms. The van der Waals surface area contributed by atoms with Gasteiger partial charge >= 0.3 is 0 Å². The molecule has 2 atom stereocenters. The van der Waals surface area contributed by atoms with E-state index in [1.165, 1.54) is 0 Å². The summed E-state index contributed by atoms with van der Waals surface area (Å²) in [6.07, 6.45) is 0.943. The number of rotatable bonds is 4. The van der Waals surface area contributed by atoms with Gasteiger partial charge in [0.05, 0.1) is 13.2 Å². The van der Waals surface area contributed by atoms with Gasteiger partial charge in [0.1, 0.15) is 11.9 Å². The van der Waals surface area contributed by atoms with E-state index in [0.29, 0.717) is 0 Å². The third kappa shape index (κ3) is 2.59. The van der Waals surface area contributed by atoms with Crippen molar-refractivity contribution in [1.29, 1.82) is 0 Å². The quantitative estimate of drug-likeness (QED) is 0.904. The van der Waals surface area contributed by atoms with Crippen molar-refractivity contribution in [1.82, 2.24) is 10.2 Å². The normalized spacial score (nSPS) is 22.9. The maximum absolute atomic E-state index is 12.1. The topological polar surface area (TPSA) is 41.6 Å². The average Bonchev–Trinajstić information content (AvgIpc) is 2.67. The van der Waals surface area contributed by atoms with Gasteiger partial charge in [-0.2, -0.15) is 0 Å². The summed E-state index contributed by atoms with van der Waals surface area (Å²) in [6, 6.07) is 5.96. The van der Waals surface area contributed by atoms with Crippen LogP contribution in [0.3, 0.4) is 0 Å². The maximum atomic E-state index is 12.1. The smallest absolute Gasteiger partial charge is 0.241 e. The molecule has 0 radical (unpaired) electrons. The third-order valence-electron chi connectivity index (χ3n) is 3.57. The number of benzene rings is 1. The molecule has 1 amide bonds. The Bertz CT molecular complexity index is 473. The van der Waals surface area contributed by atoms with Crippen LogP contribution in [-0.4, -0.2) is 30.5 Å². The fourth-order valence-electron chi connectivity index (χ4n) is 2.60. The highest BCUT2D eigenvalue weighted by Gasteiger charge is 2.36. The van der Waals surface area contributed by atoms with E-state index in [1.807, 2.05) is 30.9 Å². The molecule has 1 aromatic carbocycles. The monoisotopic (exact) mass is 262 g/mol. The number of nitrogens with zero attached hydrogens (tertiary/aromatic N) is 1. The molecule has 1 heterocycles. The predicted molar refractivity (Wildman–Crippen MR) is 75.1 cm³/mol. The van der Waals surface area contributed by atoms with Crippen molar-refractivity contribution < 1.29 is 9.53 Å². The second kappa shape index (κ2) is 5.61. The van der Waals surface area contributed by atoms with Crippen LogP contribution in [-0.2, 0) is 4.79 Å². The van der Waals surface area contributed by atoms with Crippen LogP contribution < -0.4 is 10.1 Å². The molecule has 1 aliphatic heterocycles. The van der Waals surface area contributed by atoms with E-state index in [2.05, 4.69) is 18.3 Å². The Hall–Kier alpha value is -1.55. The van der Waals surface area contributed by atoms with Crippen molar-refractivity contribution in [2.75, 3.05) is 13.7 Å². The number of ether oxygens (including phenoxy) is 1. The second-order valence-electron chi connectivity index (χ2n) is 5.05. The maximum Gasteiger partial charge on any atom is 0.241 e. The lowest BCUT2D eigenvalue weighted by Crippen LogP contribution is -2.31. The highest BCUT2D eigenvalue weighted by Crippen LogP contribution is 2.28. The summed E-state index contributed by atoms with van der Waals surface area (Å²) in [4.78, 5) is 14.0. The molecule has 1 aliphatic rings. The molecular formula is C15H22N2O2. The number of methoxy groups -OCH3 is 1. The third-order valence-corrected chi connectivity index (χ3v) is 3.57. The SMILES string of the molecule is CCCN1C(=O)C(C)NC1c1ccc(OC)c(C)c1. The first-order valence-electron chi connectivity index (χ1n) is 6.79. The number of hydrogen-bond donors (Lipinski definition) is 1. The van der Waals surface area contributed by atoms with Gasteiger partial charge in [0.25, 0.3) is 0 Å². The summed E-state index contributed by atoms with van der Waals surface area (Å²) in [6.45, 7) is 6.81. The number of nitrogens with one attached hydrogen (secondary N) is 1. The minimum Gasteiger partial charge on any atom is -0.496 e. The van der Waals surface area contributed by atoms with Crippen LogP contribution in [0.15, 0.2) is 18.2 Å². The van der Waals surface area contributed by atoms with Gasteiger partial charge in [-0.25, -0.2) is 0 Å². The molecule has 1 aromatic rings. The van der Waals surface area contributed by atoms with E-state index in [1.54, 1.807) is 7.11 Å². The van der Waals surface area contributed by atoms with Crippen LogP contribution in [0.5, 0.6) is 5.75 Å². The van der Waals surface area contributed by atoms with Gasteiger partial charge in [-0.1, -0.05) is 13.0 Å². The lowest BCUT2D eigenvalue weighted by Gasteiger charge is -2.24. The first-order chi connectivity index (χ1) is 9.08. The van der Waals surface area contributed by atoms with Crippen LogP contribution in [0.2, 0.25) is 0 Å². The standard InChI is InChI=1S/C15H22N2O2/c1-5-8-17-14(16-11(3)15(17)18)12-6-7-13(19-4)10(2)9-12/h6-7,9,11,14,16H,5,8H2,1-4H3. The van der Waals surface area contributed by atoms with Crippen LogP contribution in [0.25, 0.3) is 0 Å². The molecule has 0 aromatic heterocycles. The fraction of sp³-hybridized carbons (Fsp3) is 0.533. The highest BCUT2D eigenvalue weighted by atomic mass is 16.5. The van der Waals surface area contributed by atoms with Crippen LogP contribution >= 0.6 is 0 Å². The average molecular weight is 262 g/mol. The Balaban J connectivity index is 2.29. The highest BCUT2D eigenvalue weighted by molar-refractivity contribution is 5.84. The van der Waals surface area contributed by atoms with Crippen molar-refractivity contribution in [3.63, 3.8) is 0 Å². The van der Waals surface area contributed by atoms with E-state index in [4.69, 9.17) is 4.74 Å². The van der Waals surface area contributed by atoms with Crippen molar-refractivity contribution in [3.05, 3.63) is 29.3 Å². The van der Waals surface area contributed by atoms with Gasteiger partial charge < -0.3 is 9.64 Å². The summed E-state index contributed by atoms with van der Waals surface area (Å²) >= 11 is 0. The van der Waals surface area contributed by atoms with E-state index >= 15 is 0 Å². The largest absolute Gasteiger partial charge is 0.496 e. The summed E-state index contributed by atoms with van der Waals surface area (Å²) in [5.74, 6) is 1.06. The molecular weight excluding hydrogens is 240 g/mol. The molecule has 1 fully saturated rings. The lowest BCUT2D eigenvalue weighted by molar-refractivity contribution is -0.129. The molecule has 1 saturated heterocycles. The van der Waals surface area contributed by atoms with Gasteiger partial charge in [0, 0.05) is 6.54 Å². The molecule has 0 aliphatic carbocycles.